The van der Waals surface area contributed by atoms with Crippen LogP contribution in [-0.2, 0) is 16.0 Å². The number of methoxy groups -OCH3 is 2. The van der Waals surface area contributed by atoms with Gasteiger partial charge in [-0.25, -0.2) is 0 Å². The van der Waals surface area contributed by atoms with Crippen molar-refractivity contribution in [2.45, 2.75) is 44.6 Å². The Balaban J connectivity index is 1.53. The van der Waals surface area contributed by atoms with Gasteiger partial charge in [0.05, 0.1) is 26.8 Å². The van der Waals surface area contributed by atoms with Gasteiger partial charge in [0, 0.05) is 17.8 Å². The van der Waals surface area contributed by atoms with E-state index in [0.29, 0.717) is 30.4 Å². The fourth-order valence-electron chi connectivity index (χ4n) is 4.79. The molecule has 1 aliphatic carbocycles. The largest absolute Gasteiger partial charge is 0.493 e. The third-order valence-electron chi connectivity index (χ3n) is 6.39. The molecule has 166 valence electrons. The van der Waals surface area contributed by atoms with E-state index in [9.17, 15) is 9.59 Å². The van der Waals surface area contributed by atoms with Crippen LogP contribution in [0.5, 0.6) is 11.5 Å². The molecule has 1 aromatic carbocycles. The van der Waals surface area contributed by atoms with E-state index in [0.717, 1.165) is 35.3 Å². The van der Waals surface area contributed by atoms with E-state index in [-0.39, 0.29) is 24.4 Å². The van der Waals surface area contributed by atoms with Crippen molar-refractivity contribution in [2.75, 3.05) is 27.3 Å². The Hall–Kier alpha value is -2.54. The third kappa shape index (κ3) is 4.71. The fourth-order valence-corrected chi connectivity index (χ4v) is 5.65. The molecule has 2 aromatic rings. The summed E-state index contributed by atoms with van der Waals surface area (Å²) in [7, 11) is 3.25. The summed E-state index contributed by atoms with van der Waals surface area (Å²) in [5.74, 6) is 1.75. The van der Waals surface area contributed by atoms with Crippen molar-refractivity contribution >= 4 is 23.2 Å². The Morgan fingerprint density at radius 3 is 2.58 bits per heavy atom. The van der Waals surface area contributed by atoms with Crippen LogP contribution in [0.1, 0.15) is 54.1 Å². The highest BCUT2D eigenvalue weighted by Gasteiger charge is 2.34. The summed E-state index contributed by atoms with van der Waals surface area (Å²) >= 11 is 1.63. The molecule has 6 nitrogen and oxygen atoms in total. The zero-order valence-electron chi connectivity index (χ0n) is 18.2. The van der Waals surface area contributed by atoms with E-state index in [1.54, 1.807) is 25.6 Å². The van der Waals surface area contributed by atoms with Crippen LogP contribution in [0.2, 0.25) is 0 Å². The topological polar surface area (TPSA) is 67.9 Å². The molecule has 1 aromatic heterocycles. The van der Waals surface area contributed by atoms with Crippen LogP contribution in [-0.4, -0.2) is 44.0 Å². The first-order valence-electron chi connectivity index (χ1n) is 10.9. The Morgan fingerprint density at radius 2 is 1.90 bits per heavy atom. The number of fused-ring (bicyclic) bond motifs is 1. The first-order chi connectivity index (χ1) is 15.1. The van der Waals surface area contributed by atoms with Crippen molar-refractivity contribution in [3.63, 3.8) is 0 Å². The molecule has 1 aliphatic heterocycles. The number of nitrogens with one attached hydrogen (secondary N) is 1. The van der Waals surface area contributed by atoms with E-state index >= 15 is 0 Å². The molecular weight excluding hydrogens is 412 g/mol. The lowest BCUT2D eigenvalue weighted by Crippen LogP contribution is -2.45. The van der Waals surface area contributed by atoms with Crippen LogP contribution in [0, 0.1) is 5.92 Å². The van der Waals surface area contributed by atoms with Gasteiger partial charge in [-0.2, -0.15) is 0 Å². The molecule has 1 atom stereocenters. The number of nitrogens with zero attached hydrogens (tertiary/aromatic N) is 1. The van der Waals surface area contributed by atoms with Gasteiger partial charge in [-0.15, -0.1) is 11.3 Å². The van der Waals surface area contributed by atoms with Crippen LogP contribution in [0.4, 0.5) is 0 Å². The average molecular weight is 443 g/mol. The maximum Gasteiger partial charge on any atom is 0.242 e. The number of hydrogen-bond donors (Lipinski definition) is 1. The lowest BCUT2D eigenvalue weighted by atomic mass is 9.90. The van der Waals surface area contributed by atoms with Crippen LogP contribution < -0.4 is 14.8 Å². The second-order valence-electron chi connectivity index (χ2n) is 8.29. The normalized spacial score (nSPS) is 18.5. The van der Waals surface area contributed by atoms with Gasteiger partial charge in [-0.3, -0.25) is 9.59 Å². The summed E-state index contributed by atoms with van der Waals surface area (Å²) < 4.78 is 11.0. The van der Waals surface area contributed by atoms with Crippen LogP contribution in [0.25, 0.3) is 0 Å². The predicted molar refractivity (Wildman–Crippen MR) is 121 cm³/mol. The molecule has 2 amide bonds. The van der Waals surface area contributed by atoms with Gasteiger partial charge < -0.3 is 19.7 Å². The lowest BCUT2D eigenvalue weighted by molar-refractivity contribution is -0.134. The van der Waals surface area contributed by atoms with Gasteiger partial charge in [-0.1, -0.05) is 18.9 Å². The van der Waals surface area contributed by atoms with Crippen LogP contribution in [0.3, 0.4) is 0 Å². The van der Waals surface area contributed by atoms with Crippen molar-refractivity contribution in [3.8, 4) is 11.5 Å². The Labute approximate surface area is 187 Å². The van der Waals surface area contributed by atoms with Gasteiger partial charge in [0.1, 0.15) is 0 Å². The smallest absolute Gasteiger partial charge is 0.242 e. The molecule has 0 unspecified atom stereocenters. The van der Waals surface area contributed by atoms with Crippen molar-refractivity contribution in [1.29, 1.82) is 0 Å². The highest BCUT2D eigenvalue weighted by atomic mass is 32.1. The average Bonchev–Trinajstić information content (AvgIpc) is 3.50. The highest BCUT2D eigenvalue weighted by Crippen LogP contribution is 2.42. The number of thiophene rings is 1. The SMILES string of the molecule is COc1cc2c(cc1OC)[C@H](c1cccs1)N(C(=O)CNC(=O)CC1CCCC1)CC2. The van der Waals surface area contributed by atoms with E-state index < -0.39 is 0 Å². The van der Waals surface area contributed by atoms with E-state index in [2.05, 4.69) is 11.4 Å². The summed E-state index contributed by atoms with van der Waals surface area (Å²) in [6.07, 6.45) is 5.93. The van der Waals surface area contributed by atoms with Gasteiger partial charge in [0.15, 0.2) is 11.5 Å². The van der Waals surface area contributed by atoms with Gasteiger partial charge in [0.25, 0.3) is 0 Å². The molecule has 0 radical (unpaired) electrons. The van der Waals surface area contributed by atoms with Crippen molar-refractivity contribution in [3.05, 3.63) is 45.6 Å². The Morgan fingerprint density at radius 1 is 1.16 bits per heavy atom. The first-order valence-corrected chi connectivity index (χ1v) is 11.8. The summed E-state index contributed by atoms with van der Waals surface area (Å²) in [6, 6.07) is 7.86. The minimum atomic E-state index is -0.192. The number of amides is 2. The summed E-state index contributed by atoms with van der Waals surface area (Å²) in [5.41, 5.74) is 2.21. The maximum atomic E-state index is 13.2. The van der Waals surface area contributed by atoms with Crippen LogP contribution in [0.15, 0.2) is 29.6 Å². The molecule has 31 heavy (non-hydrogen) atoms. The first kappa shape index (κ1) is 21.7. The minimum Gasteiger partial charge on any atom is -0.493 e. The minimum absolute atomic E-state index is 0.0169. The molecule has 0 saturated heterocycles. The highest BCUT2D eigenvalue weighted by molar-refractivity contribution is 7.10. The van der Waals surface area contributed by atoms with Crippen LogP contribution >= 0.6 is 11.3 Å². The molecular formula is C24H30N2O4S. The summed E-state index contributed by atoms with van der Waals surface area (Å²) in [4.78, 5) is 28.5. The van der Waals surface area contributed by atoms with E-state index in [1.807, 2.05) is 28.5 Å². The molecule has 2 heterocycles. The molecule has 2 aliphatic rings. The second kappa shape index (κ2) is 9.73. The molecule has 4 rings (SSSR count). The van der Waals surface area contributed by atoms with Crippen molar-refractivity contribution in [2.24, 2.45) is 5.92 Å². The number of hydrogen-bond acceptors (Lipinski definition) is 5. The Bertz CT molecular complexity index is 922. The number of ether oxygens (including phenoxy) is 2. The van der Waals surface area contributed by atoms with Gasteiger partial charge in [0.2, 0.25) is 11.8 Å². The fraction of sp³-hybridized carbons (Fsp3) is 0.500. The zero-order chi connectivity index (χ0) is 21.8. The number of carbonyl (C=O) groups is 2. The summed E-state index contributed by atoms with van der Waals surface area (Å²) in [5, 5.41) is 4.89. The number of rotatable bonds is 7. The third-order valence-corrected chi connectivity index (χ3v) is 7.32. The molecule has 7 heteroatoms. The quantitative estimate of drug-likeness (QED) is 0.705. The molecule has 0 spiro atoms. The second-order valence-corrected chi connectivity index (χ2v) is 9.27. The standard InChI is InChI=1S/C24H30N2O4S/c1-29-19-13-17-9-10-26(23(28)15-25-22(27)12-16-6-3-4-7-16)24(21-8-5-11-31-21)18(17)14-20(19)30-2/h5,8,11,13-14,16,24H,3-4,6-7,9-10,12,15H2,1-2H3,(H,25,27)/t24-/m1/s1. The van der Waals surface area contributed by atoms with Gasteiger partial charge in [-0.05, 0) is 59.9 Å². The van der Waals surface area contributed by atoms with Crippen molar-refractivity contribution in [1.82, 2.24) is 10.2 Å². The maximum absolute atomic E-state index is 13.2. The zero-order valence-corrected chi connectivity index (χ0v) is 19.0. The molecule has 1 saturated carbocycles. The molecule has 1 fully saturated rings. The predicted octanol–water partition coefficient (Wildman–Crippen LogP) is 3.94. The number of carbonyl (C=O) groups excluding carboxylic acids is 2. The van der Waals surface area contributed by atoms with E-state index in [1.165, 1.54) is 12.8 Å². The Kier molecular flexibility index (Phi) is 6.80. The van der Waals surface area contributed by atoms with Gasteiger partial charge >= 0.3 is 0 Å². The monoisotopic (exact) mass is 442 g/mol. The van der Waals surface area contributed by atoms with Crippen molar-refractivity contribution < 1.29 is 19.1 Å². The lowest BCUT2D eigenvalue weighted by Gasteiger charge is -2.37. The number of benzene rings is 1. The summed E-state index contributed by atoms with van der Waals surface area (Å²) in [6.45, 7) is 0.637. The van der Waals surface area contributed by atoms with E-state index in [4.69, 9.17) is 9.47 Å². The molecule has 1 N–H and O–H groups in total. The molecule has 0 bridgehead atoms.